The monoisotopic (exact) mass is 310 g/mol. The molecule has 120 valence electrons. The minimum Gasteiger partial charge on any atom is -0.301 e. The third-order valence-corrected chi connectivity index (χ3v) is 3.75. The van der Waals surface area contributed by atoms with E-state index >= 15 is 0 Å². The fourth-order valence-electron chi connectivity index (χ4n) is 2.46. The van der Waals surface area contributed by atoms with Gasteiger partial charge in [-0.1, -0.05) is 30.3 Å². The molecule has 0 N–H and O–H groups in total. The van der Waals surface area contributed by atoms with Crippen LogP contribution in [0.4, 0.5) is 4.39 Å². The van der Waals surface area contributed by atoms with E-state index in [0.29, 0.717) is 0 Å². The van der Waals surface area contributed by atoms with Gasteiger partial charge in [-0.15, -0.1) is 0 Å². The zero-order valence-corrected chi connectivity index (χ0v) is 14.2. The second-order valence-corrected chi connectivity index (χ2v) is 6.18. The van der Waals surface area contributed by atoms with Crippen LogP contribution in [0.2, 0.25) is 0 Å². The first-order valence-electron chi connectivity index (χ1n) is 7.76. The van der Waals surface area contributed by atoms with Gasteiger partial charge in [0.2, 0.25) is 0 Å². The Morgan fingerprint density at radius 3 is 2.30 bits per heavy atom. The number of benzene rings is 2. The normalized spacial score (nSPS) is 15.0. The zero-order valence-electron chi connectivity index (χ0n) is 14.2. The number of hydrogen-bond acceptors (Lipinski definition) is 2. The first-order valence-corrected chi connectivity index (χ1v) is 7.76. The number of hydrogen-bond donors (Lipinski definition) is 0. The smallest absolute Gasteiger partial charge is 0.123 e. The van der Waals surface area contributed by atoms with Crippen molar-refractivity contribution < 1.29 is 4.39 Å². The summed E-state index contributed by atoms with van der Waals surface area (Å²) >= 11 is 0. The van der Waals surface area contributed by atoms with Crippen molar-refractivity contribution in [2.45, 2.75) is 32.7 Å². The van der Waals surface area contributed by atoms with Crippen LogP contribution in [0.1, 0.15) is 31.9 Å². The Balaban J connectivity index is 0.000000433. The Labute approximate surface area is 137 Å². The molecule has 0 aromatic heterocycles. The van der Waals surface area contributed by atoms with Crippen LogP contribution in [0.3, 0.4) is 0 Å². The molecule has 0 radical (unpaired) electrons. The molecule has 0 bridgehead atoms. The van der Waals surface area contributed by atoms with Gasteiger partial charge in [0.15, 0.2) is 0 Å². The van der Waals surface area contributed by atoms with Crippen molar-refractivity contribution in [2.75, 3.05) is 7.05 Å². The summed E-state index contributed by atoms with van der Waals surface area (Å²) in [4.78, 5) is 8.15. The first kappa shape index (κ1) is 17.1. The van der Waals surface area contributed by atoms with Gasteiger partial charge < -0.3 is 4.99 Å². The molecule has 0 saturated carbocycles. The highest BCUT2D eigenvalue weighted by atomic mass is 19.1. The number of halogens is 1. The molecule has 2 aromatic rings. The third kappa shape index (κ3) is 4.59. The van der Waals surface area contributed by atoms with E-state index in [9.17, 15) is 4.39 Å². The molecule has 0 amide bonds. The van der Waals surface area contributed by atoms with Crippen LogP contribution in [0.15, 0.2) is 52.4 Å². The van der Waals surface area contributed by atoms with Gasteiger partial charge in [-0.3, -0.25) is 4.99 Å². The van der Waals surface area contributed by atoms with Crippen LogP contribution in [0.25, 0.3) is 11.1 Å². The van der Waals surface area contributed by atoms with Gasteiger partial charge in [-0.05, 0) is 67.8 Å². The van der Waals surface area contributed by atoms with Crippen molar-refractivity contribution in [3.8, 4) is 11.1 Å². The van der Waals surface area contributed by atoms with Crippen LogP contribution < -0.4 is 0 Å². The average Bonchev–Trinajstić information content (AvgIpc) is 2.54. The summed E-state index contributed by atoms with van der Waals surface area (Å²) in [6.45, 7) is 6.16. The van der Waals surface area contributed by atoms with E-state index in [2.05, 4.69) is 42.0 Å². The molecule has 1 aliphatic rings. The van der Waals surface area contributed by atoms with Gasteiger partial charge in [-0.2, -0.15) is 0 Å². The van der Waals surface area contributed by atoms with E-state index in [0.717, 1.165) is 17.5 Å². The van der Waals surface area contributed by atoms with E-state index in [-0.39, 0.29) is 11.4 Å². The molecule has 1 heterocycles. The second kappa shape index (κ2) is 7.32. The summed E-state index contributed by atoms with van der Waals surface area (Å²) in [6.07, 6.45) is 4.64. The van der Waals surface area contributed by atoms with Gasteiger partial charge >= 0.3 is 0 Å². The van der Waals surface area contributed by atoms with Gasteiger partial charge in [0, 0.05) is 13.3 Å². The topological polar surface area (TPSA) is 24.7 Å². The lowest BCUT2D eigenvalue weighted by atomic mass is 9.88. The standard InChI is InChI=1S/C17H16FN.C3H7N/c1-17(2)10-15-9-13(3-4-14(15)11-19-17)12-5-7-16(18)8-6-12;1-3-4-2/h3-9,11H,10H2,1-2H3;3H,1-2H3. The predicted octanol–water partition coefficient (Wildman–Crippen LogP) is 4.95. The fourth-order valence-corrected chi connectivity index (χ4v) is 2.46. The lowest BCUT2D eigenvalue weighted by Gasteiger charge is -2.25. The van der Waals surface area contributed by atoms with Crippen LogP contribution in [-0.2, 0) is 6.42 Å². The van der Waals surface area contributed by atoms with Crippen LogP contribution >= 0.6 is 0 Å². The van der Waals surface area contributed by atoms with E-state index < -0.39 is 0 Å². The fraction of sp³-hybridized carbons (Fsp3) is 0.300. The molecule has 0 spiro atoms. The van der Waals surface area contributed by atoms with Crippen LogP contribution in [-0.4, -0.2) is 25.0 Å². The molecule has 3 heteroatoms. The Hall–Kier alpha value is -2.29. The van der Waals surface area contributed by atoms with Gasteiger partial charge in [0.1, 0.15) is 5.82 Å². The van der Waals surface area contributed by atoms with Crippen molar-refractivity contribution >= 4 is 12.4 Å². The molecule has 23 heavy (non-hydrogen) atoms. The minimum atomic E-state index is -0.199. The highest BCUT2D eigenvalue weighted by Crippen LogP contribution is 2.28. The van der Waals surface area contributed by atoms with Crippen LogP contribution in [0.5, 0.6) is 0 Å². The molecule has 3 rings (SSSR count). The molecule has 0 unspecified atom stereocenters. The molecule has 2 nitrogen and oxygen atoms in total. The molecule has 0 saturated heterocycles. The van der Waals surface area contributed by atoms with E-state index in [4.69, 9.17) is 0 Å². The largest absolute Gasteiger partial charge is 0.301 e. The minimum absolute atomic E-state index is 0.0333. The Morgan fingerprint density at radius 2 is 1.70 bits per heavy atom. The number of rotatable bonds is 1. The van der Waals surface area contributed by atoms with E-state index in [1.807, 2.05) is 25.3 Å². The molecular formula is C20H23FN2. The summed E-state index contributed by atoms with van der Waals surface area (Å²) < 4.78 is 13.0. The lowest BCUT2D eigenvalue weighted by molar-refractivity contribution is 0.516. The number of aliphatic imine (C=N–C) groups is 2. The van der Waals surface area contributed by atoms with E-state index in [1.54, 1.807) is 13.3 Å². The highest BCUT2D eigenvalue weighted by molar-refractivity contribution is 5.85. The number of fused-ring (bicyclic) bond motifs is 1. The summed E-state index contributed by atoms with van der Waals surface area (Å²) in [5.41, 5.74) is 4.63. The molecule has 0 atom stereocenters. The lowest BCUT2D eigenvalue weighted by Crippen LogP contribution is -2.24. The van der Waals surface area contributed by atoms with Crippen molar-refractivity contribution in [3.05, 3.63) is 59.4 Å². The average molecular weight is 310 g/mol. The maximum atomic E-state index is 13.0. The SMILES string of the molecule is CC1(C)Cc2cc(-c3ccc(F)cc3)ccc2C=N1.CC=NC. The maximum absolute atomic E-state index is 13.0. The van der Waals surface area contributed by atoms with Crippen molar-refractivity contribution in [1.29, 1.82) is 0 Å². The highest BCUT2D eigenvalue weighted by Gasteiger charge is 2.21. The summed E-state index contributed by atoms with van der Waals surface area (Å²) in [6, 6.07) is 13.0. The Bertz CT molecular complexity index is 709. The molecule has 2 aromatic carbocycles. The second-order valence-electron chi connectivity index (χ2n) is 6.18. The van der Waals surface area contributed by atoms with Gasteiger partial charge in [0.25, 0.3) is 0 Å². The van der Waals surface area contributed by atoms with Crippen molar-refractivity contribution in [1.82, 2.24) is 0 Å². The first-order chi connectivity index (χ1) is 10.9. The molecule has 1 aliphatic heterocycles. The predicted molar refractivity (Wildman–Crippen MR) is 97.3 cm³/mol. The van der Waals surface area contributed by atoms with Crippen LogP contribution in [0, 0.1) is 5.82 Å². The Kier molecular flexibility index (Phi) is 5.43. The molecule has 0 fully saturated rings. The third-order valence-electron chi connectivity index (χ3n) is 3.75. The Morgan fingerprint density at radius 1 is 1.09 bits per heavy atom. The van der Waals surface area contributed by atoms with Gasteiger partial charge in [0.05, 0.1) is 5.54 Å². The van der Waals surface area contributed by atoms with E-state index in [1.165, 1.54) is 23.3 Å². The maximum Gasteiger partial charge on any atom is 0.123 e. The molecule has 0 aliphatic carbocycles. The van der Waals surface area contributed by atoms with Crippen molar-refractivity contribution in [2.24, 2.45) is 9.98 Å². The quantitative estimate of drug-likeness (QED) is 0.666. The van der Waals surface area contributed by atoms with Gasteiger partial charge in [-0.25, -0.2) is 4.39 Å². The van der Waals surface area contributed by atoms with Crippen molar-refractivity contribution in [3.63, 3.8) is 0 Å². The summed E-state index contributed by atoms with van der Waals surface area (Å²) in [5, 5.41) is 0. The number of nitrogens with zero attached hydrogens (tertiary/aromatic N) is 2. The zero-order chi connectivity index (χ0) is 16.9. The summed E-state index contributed by atoms with van der Waals surface area (Å²) in [7, 11) is 1.75. The summed E-state index contributed by atoms with van der Waals surface area (Å²) in [5.74, 6) is -0.199. The molecular weight excluding hydrogens is 287 g/mol.